The second kappa shape index (κ2) is 8.12. The lowest BCUT2D eigenvalue weighted by molar-refractivity contribution is -0.374. The summed E-state index contributed by atoms with van der Waals surface area (Å²) in [4.78, 5) is 12.0. The van der Waals surface area contributed by atoms with Crippen molar-refractivity contribution in [3.63, 3.8) is 0 Å². The van der Waals surface area contributed by atoms with E-state index >= 15 is 0 Å². The van der Waals surface area contributed by atoms with E-state index in [1.807, 2.05) is 19.1 Å². The van der Waals surface area contributed by atoms with Crippen LogP contribution in [-0.2, 0) is 9.47 Å². The lowest BCUT2D eigenvalue weighted by Crippen LogP contribution is -2.61. The van der Waals surface area contributed by atoms with Crippen LogP contribution in [0, 0.1) is 41.4 Å². The Balaban J connectivity index is 1.92. The lowest BCUT2D eigenvalue weighted by atomic mass is 9.68. The highest BCUT2D eigenvalue weighted by atomic mass is 19.4. The number of carbonyl (C=O) groups excluding carboxylic acids is 1. The highest BCUT2D eigenvalue weighted by Gasteiger charge is 2.76. The molecule has 0 amide bonds. The highest BCUT2D eigenvalue weighted by Crippen LogP contribution is 2.67. The first kappa shape index (κ1) is 25.2. The molecule has 3 aliphatic rings. The summed E-state index contributed by atoms with van der Waals surface area (Å²) in [6.45, 7) is 8.02. The topological polar surface area (TPSA) is 35.5 Å². The van der Waals surface area contributed by atoms with Crippen LogP contribution in [0.15, 0.2) is 12.2 Å². The molecule has 0 spiro atoms. The molecule has 7 atom stereocenters. The van der Waals surface area contributed by atoms with Gasteiger partial charge in [0, 0.05) is 6.42 Å². The molecule has 3 fully saturated rings. The molecule has 0 aromatic heterocycles. The average molecular weight is 470 g/mol. The predicted octanol–water partition coefficient (Wildman–Crippen LogP) is 7.31. The second-order valence-corrected chi connectivity index (χ2v) is 10.8. The van der Waals surface area contributed by atoms with Gasteiger partial charge >= 0.3 is 24.1 Å². The number of fused-ring (bicyclic) bond motifs is 5. The Bertz CT molecular complexity index is 721. The maximum atomic E-state index is 14.0. The third-order valence-electron chi connectivity index (χ3n) is 7.62. The van der Waals surface area contributed by atoms with Gasteiger partial charge in [0.15, 0.2) is 0 Å². The van der Waals surface area contributed by atoms with Crippen molar-refractivity contribution >= 4 is 6.16 Å². The summed E-state index contributed by atoms with van der Waals surface area (Å²) in [6, 6.07) is 0. The van der Waals surface area contributed by atoms with E-state index < -0.39 is 42.0 Å². The van der Waals surface area contributed by atoms with Gasteiger partial charge in [0.25, 0.3) is 0 Å². The summed E-state index contributed by atoms with van der Waals surface area (Å²) in [7, 11) is 0. The minimum Gasteiger partial charge on any atom is -0.429 e. The Labute approximate surface area is 184 Å². The molecule has 9 heteroatoms. The first-order valence-electron chi connectivity index (χ1n) is 11.2. The molecule has 0 radical (unpaired) electrons. The Morgan fingerprint density at radius 2 is 1.53 bits per heavy atom. The quantitative estimate of drug-likeness (QED) is 0.245. The molecule has 0 aliphatic heterocycles. The van der Waals surface area contributed by atoms with Crippen molar-refractivity contribution in [1.82, 2.24) is 0 Å². The Morgan fingerprint density at radius 3 is 2.03 bits per heavy atom. The number of hydrogen-bond donors (Lipinski definition) is 0. The van der Waals surface area contributed by atoms with E-state index in [4.69, 9.17) is 0 Å². The van der Waals surface area contributed by atoms with Gasteiger partial charge in [0.05, 0.1) is 0 Å². The molecule has 3 saturated carbocycles. The van der Waals surface area contributed by atoms with Gasteiger partial charge in [-0.05, 0) is 88.4 Å². The van der Waals surface area contributed by atoms with Crippen LogP contribution in [0.3, 0.4) is 0 Å². The number of hydrogen-bond acceptors (Lipinski definition) is 3. The molecule has 3 nitrogen and oxygen atoms in total. The van der Waals surface area contributed by atoms with E-state index in [1.165, 1.54) is 20.8 Å². The van der Waals surface area contributed by atoms with Crippen molar-refractivity contribution < 1.29 is 40.6 Å². The second-order valence-electron chi connectivity index (χ2n) is 10.8. The summed E-state index contributed by atoms with van der Waals surface area (Å²) in [5, 5.41) is 0. The minimum atomic E-state index is -5.82. The SMILES string of the molecule is C/C=C/C1CC(C)C2C3CC(CC(OC(=O)OC(C)(C)C)(C(F)(F)F)C(F)(F)F)C(C3)C12. The number of allylic oxidation sites excluding steroid dienone is 2. The van der Waals surface area contributed by atoms with Crippen LogP contribution in [0.25, 0.3) is 0 Å². The van der Waals surface area contributed by atoms with Crippen LogP contribution in [0.5, 0.6) is 0 Å². The fourth-order valence-electron chi connectivity index (χ4n) is 6.80. The number of halogens is 6. The smallest absolute Gasteiger partial charge is 0.429 e. The van der Waals surface area contributed by atoms with E-state index in [0.717, 1.165) is 6.42 Å². The largest absolute Gasteiger partial charge is 0.510 e. The van der Waals surface area contributed by atoms with E-state index in [2.05, 4.69) is 16.4 Å². The van der Waals surface area contributed by atoms with Crippen molar-refractivity contribution in [2.75, 3.05) is 0 Å². The van der Waals surface area contributed by atoms with Crippen molar-refractivity contribution in [3.05, 3.63) is 12.2 Å². The third kappa shape index (κ3) is 4.37. The van der Waals surface area contributed by atoms with Crippen LogP contribution in [0.4, 0.5) is 31.1 Å². The molecule has 0 heterocycles. The highest BCUT2D eigenvalue weighted by molar-refractivity contribution is 5.61. The van der Waals surface area contributed by atoms with Gasteiger partial charge in [-0.15, -0.1) is 0 Å². The molecule has 184 valence electrons. The van der Waals surface area contributed by atoms with Gasteiger partial charge < -0.3 is 9.47 Å². The molecule has 0 aromatic carbocycles. The summed E-state index contributed by atoms with van der Waals surface area (Å²) in [6.07, 6.45) is -9.16. The van der Waals surface area contributed by atoms with Gasteiger partial charge in [-0.2, -0.15) is 26.3 Å². The van der Waals surface area contributed by atoms with Crippen LogP contribution >= 0.6 is 0 Å². The summed E-state index contributed by atoms with van der Waals surface area (Å²) in [5.74, 6) is -0.00431. The van der Waals surface area contributed by atoms with Crippen molar-refractivity contribution in [2.24, 2.45) is 41.4 Å². The first-order chi connectivity index (χ1) is 14.5. The molecule has 32 heavy (non-hydrogen) atoms. The molecule has 0 aromatic rings. The summed E-state index contributed by atoms with van der Waals surface area (Å²) in [5.41, 5.74) is -5.88. The fraction of sp³-hybridized carbons (Fsp3) is 0.870. The summed E-state index contributed by atoms with van der Waals surface area (Å²) < 4.78 is 93.0. The van der Waals surface area contributed by atoms with Gasteiger partial charge in [0.1, 0.15) is 5.60 Å². The first-order valence-corrected chi connectivity index (χ1v) is 11.2. The number of alkyl halides is 6. The monoisotopic (exact) mass is 470 g/mol. The fourth-order valence-corrected chi connectivity index (χ4v) is 6.80. The van der Waals surface area contributed by atoms with Crippen molar-refractivity contribution in [1.29, 1.82) is 0 Å². The normalized spacial score (nSPS) is 35.4. The maximum Gasteiger partial charge on any atom is 0.510 e. The number of ether oxygens (including phenoxy) is 2. The molecule has 2 bridgehead atoms. The summed E-state index contributed by atoms with van der Waals surface area (Å²) >= 11 is 0. The molecule has 7 unspecified atom stereocenters. The zero-order valence-electron chi connectivity index (χ0n) is 19.0. The predicted molar refractivity (Wildman–Crippen MR) is 106 cm³/mol. The zero-order valence-corrected chi connectivity index (χ0v) is 19.0. The van der Waals surface area contributed by atoms with Crippen LogP contribution in [-0.4, -0.2) is 29.7 Å². The van der Waals surface area contributed by atoms with E-state index in [9.17, 15) is 31.1 Å². The van der Waals surface area contributed by atoms with Crippen LogP contribution < -0.4 is 0 Å². The molecule has 0 saturated heterocycles. The standard InChI is InChI=1S/C23H32F6O3/c1-6-7-13-8-12(2)17-14-9-15(16(10-14)18(13)17)11-21(22(24,25)26,23(27,28)29)32-19(30)31-20(3,4)5/h6-7,12-18H,8-11H2,1-5H3/b7-6+. The van der Waals surface area contributed by atoms with Gasteiger partial charge in [-0.3, -0.25) is 0 Å². The molecular formula is C23H32F6O3. The van der Waals surface area contributed by atoms with Gasteiger partial charge in [-0.1, -0.05) is 19.1 Å². The van der Waals surface area contributed by atoms with E-state index in [-0.39, 0.29) is 23.7 Å². The Kier molecular flexibility index (Phi) is 6.40. The Morgan fingerprint density at radius 1 is 0.938 bits per heavy atom. The van der Waals surface area contributed by atoms with Crippen LogP contribution in [0.2, 0.25) is 0 Å². The van der Waals surface area contributed by atoms with Gasteiger partial charge in [-0.25, -0.2) is 4.79 Å². The molecule has 0 N–H and O–H groups in total. The maximum absolute atomic E-state index is 14.0. The lowest BCUT2D eigenvalue weighted by Gasteiger charge is -2.42. The van der Waals surface area contributed by atoms with E-state index in [0.29, 0.717) is 24.7 Å². The molecule has 3 rings (SSSR count). The number of rotatable bonds is 4. The zero-order chi connectivity index (χ0) is 24.3. The van der Waals surface area contributed by atoms with Crippen molar-refractivity contribution in [2.45, 2.75) is 83.9 Å². The Hall–Kier alpha value is -1.41. The minimum absolute atomic E-state index is 0.0747. The van der Waals surface area contributed by atoms with Crippen LogP contribution in [0.1, 0.15) is 60.3 Å². The molecular weight excluding hydrogens is 438 g/mol. The third-order valence-corrected chi connectivity index (χ3v) is 7.62. The van der Waals surface area contributed by atoms with E-state index in [1.54, 1.807) is 0 Å². The van der Waals surface area contributed by atoms with Gasteiger partial charge in [0.2, 0.25) is 0 Å². The molecule has 3 aliphatic carbocycles. The average Bonchev–Trinajstić information content (AvgIpc) is 3.23. The number of carbonyl (C=O) groups is 1. The van der Waals surface area contributed by atoms with Crippen molar-refractivity contribution in [3.8, 4) is 0 Å².